The number of nitrogens with zero attached hydrogens (tertiary/aromatic N) is 4. The average Bonchev–Trinajstić information content (AvgIpc) is 3.38. The molecule has 6 nitrogen and oxygen atoms in total. The van der Waals surface area contributed by atoms with Gasteiger partial charge in [-0.05, 0) is 44.1 Å². The Morgan fingerprint density at radius 3 is 2.85 bits per heavy atom. The second-order valence-electron chi connectivity index (χ2n) is 8.14. The van der Waals surface area contributed by atoms with Crippen molar-refractivity contribution >= 4 is 11.3 Å². The number of benzene rings is 1. The van der Waals surface area contributed by atoms with Crippen molar-refractivity contribution in [3.8, 4) is 11.3 Å². The lowest BCUT2D eigenvalue weighted by molar-refractivity contribution is -0.137. The third-order valence-electron chi connectivity index (χ3n) is 5.93. The molecule has 2 N–H and O–H groups in total. The molecule has 0 bridgehead atoms. The van der Waals surface area contributed by atoms with Gasteiger partial charge in [0.2, 0.25) is 0 Å². The Hall–Kier alpha value is -3.75. The molecule has 0 radical (unpaired) electrons. The van der Waals surface area contributed by atoms with E-state index in [2.05, 4.69) is 32.5 Å². The van der Waals surface area contributed by atoms with Gasteiger partial charge in [0.25, 0.3) is 0 Å². The van der Waals surface area contributed by atoms with Crippen molar-refractivity contribution in [2.45, 2.75) is 32.0 Å². The van der Waals surface area contributed by atoms with Gasteiger partial charge in [0.1, 0.15) is 5.82 Å². The van der Waals surface area contributed by atoms with Crippen molar-refractivity contribution in [3.63, 3.8) is 0 Å². The van der Waals surface area contributed by atoms with Crippen LogP contribution in [0.15, 0.2) is 78.7 Å². The smallest absolute Gasteiger partial charge is 0.368 e. The Bertz CT molecular complexity index is 1270. The minimum Gasteiger partial charge on any atom is -0.368 e. The summed E-state index contributed by atoms with van der Waals surface area (Å²) in [6, 6.07) is 7.52. The normalized spacial score (nSPS) is 18.7. The number of aromatic nitrogens is 3. The summed E-state index contributed by atoms with van der Waals surface area (Å²) >= 11 is 0. The first-order chi connectivity index (χ1) is 15.9. The number of allylic oxidation sites excluding steroid dienone is 3. The summed E-state index contributed by atoms with van der Waals surface area (Å²) in [6.45, 7) is 3.23. The standard InChI is InChI=1S/C24H23F3N6/c1-16-6-5-12-32(16)17-7-4-10-22(29-15-17)30-21-14-20(31-33-13-11-28-23(21)33)18-8-2-3-9-19(18)24(25,26)27/h2-4,7-11,13-16,29-30H,5-6,12H2,1H3. The van der Waals surface area contributed by atoms with Crippen LogP contribution in [-0.4, -0.2) is 32.1 Å². The molecule has 2 aliphatic rings. The quantitative estimate of drug-likeness (QED) is 0.573. The predicted molar refractivity (Wildman–Crippen MR) is 121 cm³/mol. The SMILES string of the molecule is CC1CCCN1C1=CNC(Nc2cc(-c3ccccc3C(F)(F)F)nn3ccnc23)=CC=C1. The molecule has 1 atom stereocenters. The van der Waals surface area contributed by atoms with Crippen LogP contribution in [0.25, 0.3) is 16.9 Å². The number of rotatable bonds is 4. The van der Waals surface area contributed by atoms with Crippen LogP contribution in [0.5, 0.6) is 0 Å². The summed E-state index contributed by atoms with van der Waals surface area (Å²) < 4.78 is 42.3. The minimum atomic E-state index is -4.49. The van der Waals surface area contributed by atoms with Gasteiger partial charge in [0.15, 0.2) is 5.65 Å². The molecular weight excluding hydrogens is 429 g/mol. The molecule has 5 rings (SSSR count). The lowest BCUT2D eigenvalue weighted by Gasteiger charge is -2.24. The van der Waals surface area contributed by atoms with E-state index in [0.717, 1.165) is 18.3 Å². The summed E-state index contributed by atoms with van der Waals surface area (Å²) in [4.78, 5) is 6.67. The molecule has 1 saturated heterocycles. The molecule has 0 saturated carbocycles. The third kappa shape index (κ3) is 4.18. The van der Waals surface area contributed by atoms with E-state index < -0.39 is 11.7 Å². The largest absolute Gasteiger partial charge is 0.417 e. The monoisotopic (exact) mass is 452 g/mol. The minimum absolute atomic E-state index is 0.0107. The fourth-order valence-corrected chi connectivity index (χ4v) is 4.30. The highest BCUT2D eigenvalue weighted by molar-refractivity contribution is 5.76. The summed E-state index contributed by atoms with van der Waals surface area (Å²) in [6.07, 6.45) is 8.84. The van der Waals surface area contributed by atoms with Crippen molar-refractivity contribution < 1.29 is 13.2 Å². The maximum atomic E-state index is 13.6. The molecule has 9 heteroatoms. The highest BCUT2D eigenvalue weighted by Gasteiger charge is 2.34. The summed E-state index contributed by atoms with van der Waals surface area (Å²) in [5.74, 6) is 0.680. The first-order valence-corrected chi connectivity index (χ1v) is 10.8. The van der Waals surface area contributed by atoms with Crippen LogP contribution in [0.1, 0.15) is 25.3 Å². The van der Waals surface area contributed by atoms with Gasteiger partial charge in [-0.2, -0.15) is 18.3 Å². The van der Waals surface area contributed by atoms with E-state index >= 15 is 0 Å². The van der Waals surface area contributed by atoms with E-state index in [-0.39, 0.29) is 11.3 Å². The second-order valence-corrected chi connectivity index (χ2v) is 8.14. The Balaban J connectivity index is 1.48. The van der Waals surface area contributed by atoms with Crippen LogP contribution in [0.2, 0.25) is 0 Å². The van der Waals surface area contributed by atoms with E-state index in [1.165, 1.54) is 29.5 Å². The van der Waals surface area contributed by atoms with Gasteiger partial charge < -0.3 is 15.5 Å². The fraction of sp³-hybridized carbons (Fsp3) is 0.250. The van der Waals surface area contributed by atoms with Gasteiger partial charge >= 0.3 is 6.18 Å². The second kappa shape index (κ2) is 8.31. The lowest BCUT2D eigenvalue weighted by atomic mass is 10.0. The number of fused-ring (bicyclic) bond motifs is 1. The molecule has 0 aliphatic carbocycles. The zero-order chi connectivity index (χ0) is 23.0. The van der Waals surface area contributed by atoms with Crippen molar-refractivity contribution in [3.05, 3.63) is 84.2 Å². The highest BCUT2D eigenvalue weighted by Crippen LogP contribution is 2.37. The van der Waals surface area contributed by atoms with Crippen molar-refractivity contribution in [2.75, 3.05) is 11.9 Å². The number of hydrogen-bond acceptors (Lipinski definition) is 5. The topological polar surface area (TPSA) is 57.5 Å². The van der Waals surface area contributed by atoms with E-state index in [0.29, 0.717) is 23.2 Å². The van der Waals surface area contributed by atoms with Gasteiger partial charge in [-0.1, -0.05) is 24.3 Å². The molecule has 33 heavy (non-hydrogen) atoms. The van der Waals surface area contributed by atoms with Crippen LogP contribution in [0.4, 0.5) is 18.9 Å². The van der Waals surface area contributed by atoms with Crippen LogP contribution in [0.3, 0.4) is 0 Å². The van der Waals surface area contributed by atoms with E-state index in [1.807, 2.05) is 24.4 Å². The molecule has 1 aromatic carbocycles. The summed E-state index contributed by atoms with van der Waals surface area (Å²) in [5.41, 5.74) is 1.62. The Morgan fingerprint density at radius 2 is 2.06 bits per heavy atom. The molecule has 3 aromatic rings. The highest BCUT2D eigenvalue weighted by atomic mass is 19.4. The number of anilines is 1. The number of nitrogens with one attached hydrogen (secondary N) is 2. The molecule has 0 spiro atoms. The molecule has 170 valence electrons. The summed E-state index contributed by atoms with van der Waals surface area (Å²) in [5, 5.41) is 10.9. The van der Waals surface area contributed by atoms with Gasteiger partial charge in [0, 0.05) is 36.7 Å². The molecular formula is C24H23F3N6. The van der Waals surface area contributed by atoms with E-state index in [4.69, 9.17) is 0 Å². The predicted octanol–water partition coefficient (Wildman–Crippen LogP) is 5.15. The molecule has 0 amide bonds. The Kier molecular flexibility index (Phi) is 5.32. The average molecular weight is 452 g/mol. The first kappa shape index (κ1) is 21.1. The lowest BCUT2D eigenvalue weighted by Crippen LogP contribution is -2.26. The Labute approximate surface area is 189 Å². The van der Waals surface area contributed by atoms with Gasteiger partial charge in [-0.25, -0.2) is 9.50 Å². The van der Waals surface area contributed by atoms with Crippen molar-refractivity contribution in [1.29, 1.82) is 0 Å². The van der Waals surface area contributed by atoms with Crippen molar-refractivity contribution in [1.82, 2.24) is 24.8 Å². The zero-order valence-corrected chi connectivity index (χ0v) is 18.0. The molecule has 1 fully saturated rings. The van der Waals surface area contributed by atoms with Crippen LogP contribution in [0, 0.1) is 0 Å². The zero-order valence-electron chi connectivity index (χ0n) is 18.0. The van der Waals surface area contributed by atoms with Crippen LogP contribution >= 0.6 is 0 Å². The van der Waals surface area contributed by atoms with Gasteiger partial charge in [-0.15, -0.1) is 0 Å². The molecule has 1 unspecified atom stereocenters. The fourth-order valence-electron chi connectivity index (χ4n) is 4.30. The number of alkyl halides is 3. The third-order valence-corrected chi connectivity index (χ3v) is 5.93. The number of imidazole rings is 1. The number of halogens is 3. The Morgan fingerprint density at radius 1 is 1.21 bits per heavy atom. The van der Waals surface area contributed by atoms with E-state index in [1.54, 1.807) is 24.5 Å². The van der Waals surface area contributed by atoms with Crippen molar-refractivity contribution in [2.24, 2.45) is 0 Å². The van der Waals surface area contributed by atoms with Crippen LogP contribution in [-0.2, 0) is 6.18 Å². The molecule has 2 aliphatic heterocycles. The first-order valence-electron chi connectivity index (χ1n) is 10.8. The number of likely N-dealkylation sites (tertiary alicyclic amines) is 1. The van der Waals surface area contributed by atoms with E-state index in [9.17, 15) is 13.2 Å². The van der Waals surface area contributed by atoms with Gasteiger partial charge in [0.05, 0.1) is 22.6 Å². The maximum absolute atomic E-state index is 13.6. The maximum Gasteiger partial charge on any atom is 0.417 e. The van der Waals surface area contributed by atoms with Crippen LogP contribution < -0.4 is 10.6 Å². The summed E-state index contributed by atoms with van der Waals surface area (Å²) in [7, 11) is 0. The molecule has 2 aromatic heterocycles. The van der Waals surface area contributed by atoms with Gasteiger partial charge in [-0.3, -0.25) is 0 Å². The molecule has 4 heterocycles. The number of hydrogen-bond donors (Lipinski definition) is 2.